The van der Waals surface area contributed by atoms with Crippen molar-refractivity contribution in [2.75, 3.05) is 24.2 Å². The first-order valence-corrected chi connectivity index (χ1v) is 15.3. The molecule has 0 saturated heterocycles. The highest BCUT2D eigenvalue weighted by Crippen LogP contribution is 2.26. The predicted octanol–water partition coefficient (Wildman–Crippen LogP) is 4.99. The Morgan fingerprint density at radius 1 is 0.932 bits per heavy atom. The van der Waals surface area contributed by atoms with Crippen molar-refractivity contribution in [2.45, 2.75) is 30.8 Å². The Balaban J connectivity index is 1.44. The molecule has 0 unspecified atom stereocenters. The van der Waals surface area contributed by atoms with E-state index in [1.165, 1.54) is 18.2 Å². The number of ether oxygens (including phenoxy) is 1. The van der Waals surface area contributed by atoms with Crippen molar-refractivity contribution in [3.05, 3.63) is 124 Å². The number of fused-ring (bicyclic) bond motifs is 1. The molecule has 0 aliphatic rings. The number of carbonyl (C=O) groups excluding carboxylic acids is 1. The van der Waals surface area contributed by atoms with Crippen molar-refractivity contribution < 1.29 is 22.4 Å². The Bertz CT molecular complexity index is 1930. The lowest BCUT2D eigenvalue weighted by Gasteiger charge is -2.25. The number of carbonyl (C=O) groups is 1. The van der Waals surface area contributed by atoms with Gasteiger partial charge in [-0.25, -0.2) is 13.2 Å². The maximum absolute atomic E-state index is 13.7. The van der Waals surface area contributed by atoms with E-state index in [2.05, 4.69) is 15.0 Å². The zero-order valence-corrected chi connectivity index (χ0v) is 25.3. The minimum absolute atomic E-state index is 0.0917. The number of nitrogens with zero attached hydrogens (tertiary/aromatic N) is 2. The standard InChI is InChI=1S/C33H32N4O6S/c1-22-27(36-44(40,41)26-12-8-5-9-13-26)18-19-28-30(22)32(39)43-33(34-28)35-29(20-23-14-16-25(42-3)17-15-23)31(38)37(2)21-24-10-6-4-7-11-24/h4-19,29,36H,20-21H2,1-3H3,(H,34,35)/t29-/m0/s1. The third-order valence-corrected chi connectivity index (χ3v) is 8.57. The van der Waals surface area contributed by atoms with E-state index in [0.717, 1.165) is 11.1 Å². The van der Waals surface area contributed by atoms with Gasteiger partial charge < -0.3 is 19.4 Å². The summed E-state index contributed by atoms with van der Waals surface area (Å²) < 4.78 is 39.1. The number of nitrogens with one attached hydrogen (secondary N) is 2. The van der Waals surface area contributed by atoms with Crippen molar-refractivity contribution in [1.82, 2.24) is 9.88 Å². The molecule has 11 heteroatoms. The van der Waals surface area contributed by atoms with Crippen LogP contribution in [0.25, 0.3) is 10.9 Å². The van der Waals surface area contributed by atoms with Gasteiger partial charge in [0.15, 0.2) is 0 Å². The van der Waals surface area contributed by atoms with Crippen LogP contribution in [0.1, 0.15) is 16.7 Å². The van der Waals surface area contributed by atoms with E-state index in [-0.39, 0.29) is 39.8 Å². The Labute approximate surface area is 255 Å². The summed E-state index contributed by atoms with van der Waals surface area (Å²) in [5, 5.41) is 3.17. The summed E-state index contributed by atoms with van der Waals surface area (Å²) in [6.07, 6.45) is 0.282. The number of methoxy groups -OCH3 is 1. The average molecular weight is 613 g/mol. The van der Waals surface area contributed by atoms with E-state index in [1.54, 1.807) is 50.2 Å². The summed E-state index contributed by atoms with van der Waals surface area (Å²) >= 11 is 0. The maximum atomic E-state index is 13.7. The van der Waals surface area contributed by atoms with Gasteiger partial charge in [0, 0.05) is 20.0 Å². The van der Waals surface area contributed by atoms with Crippen molar-refractivity contribution >= 4 is 38.5 Å². The van der Waals surface area contributed by atoms with Gasteiger partial charge in [-0.3, -0.25) is 9.52 Å². The van der Waals surface area contributed by atoms with Crippen LogP contribution in [0.3, 0.4) is 0 Å². The second kappa shape index (κ2) is 13.0. The van der Waals surface area contributed by atoms with Crippen LogP contribution in [0.4, 0.5) is 11.7 Å². The third-order valence-electron chi connectivity index (χ3n) is 7.19. The summed E-state index contributed by atoms with van der Waals surface area (Å²) in [6.45, 7) is 2.00. The van der Waals surface area contributed by atoms with Crippen LogP contribution in [0, 0.1) is 6.92 Å². The summed E-state index contributed by atoms with van der Waals surface area (Å²) in [7, 11) is -0.589. The fourth-order valence-electron chi connectivity index (χ4n) is 4.84. The number of sulfonamides is 1. The van der Waals surface area contributed by atoms with Crippen LogP contribution >= 0.6 is 0 Å². The molecule has 1 atom stereocenters. The summed E-state index contributed by atoms with van der Waals surface area (Å²) in [5.74, 6) is 0.463. The molecule has 0 bridgehead atoms. The molecule has 0 aliphatic carbocycles. The highest BCUT2D eigenvalue weighted by molar-refractivity contribution is 7.92. The minimum Gasteiger partial charge on any atom is -0.497 e. The Kier molecular flexibility index (Phi) is 8.96. The summed E-state index contributed by atoms with van der Waals surface area (Å²) in [6, 6.07) is 27.0. The topological polar surface area (TPSA) is 131 Å². The van der Waals surface area contributed by atoms with Gasteiger partial charge in [0.25, 0.3) is 16.0 Å². The largest absolute Gasteiger partial charge is 0.497 e. The average Bonchev–Trinajstić information content (AvgIpc) is 3.03. The highest BCUT2D eigenvalue weighted by Gasteiger charge is 2.25. The van der Waals surface area contributed by atoms with E-state index >= 15 is 0 Å². The lowest BCUT2D eigenvalue weighted by molar-refractivity contribution is -0.131. The molecule has 0 radical (unpaired) electrons. The monoisotopic (exact) mass is 612 g/mol. The van der Waals surface area contributed by atoms with Crippen LogP contribution in [0.2, 0.25) is 0 Å². The maximum Gasteiger partial charge on any atom is 0.348 e. The first-order chi connectivity index (χ1) is 21.1. The van der Waals surface area contributed by atoms with Crippen molar-refractivity contribution in [3.8, 4) is 5.75 Å². The number of likely N-dealkylation sites (N-methyl/N-ethyl adjacent to an activating group) is 1. The molecule has 226 valence electrons. The molecule has 5 rings (SSSR count). The number of rotatable bonds is 11. The van der Waals surface area contributed by atoms with Crippen molar-refractivity contribution in [3.63, 3.8) is 0 Å². The number of benzene rings is 4. The number of aryl methyl sites for hydroxylation is 1. The molecule has 4 aromatic carbocycles. The second-order valence-electron chi connectivity index (χ2n) is 10.3. The predicted molar refractivity (Wildman–Crippen MR) is 169 cm³/mol. The zero-order valence-electron chi connectivity index (χ0n) is 24.5. The Hall–Kier alpha value is -5.16. The van der Waals surface area contributed by atoms with Gasteiger partial charge >= 0.3 is 5.63 Å². The van der Waals surface area contributed by atoms with Gasteiger partial charge in [0.1, 0.15) is 11.8 Å². The lowest BCUT2D eigenvalue weighted by atomic mass is 10.0. The van der Waals surface area contributed by atoms with E-state index < -0.39 is 21.7 Å². The number of anilines is 2. The smallest absolute Gasteiger partial charge is 0.348 e. The molecular formula is C33H32N4O6S. The molecule has 2 N–H and O–H groups in total. The lowest BCUT2D eigenvalue weighted by Crippen LogP contribution is -2.42. The molecule has 0 fully saturated rings. The molecule has 44 heavy (non-hydrogen) atoms. The third kappa shape index (κ3) is 6.90. The van der Waals surface area contributed by atoms with Gasteiger partial charge in [0.05, 0.1) is 28.6 Å². The molecule has 0 aliphatic heterocycles. The number of amides is 1. The Morgan fingerprint density at radius 3 is 2.25 bits per heavy atom. The molecule has 0 spiro atoms. The molecular weight excluding hydrogens is 580 g/mol. The molecule has 1 aromatic heterocycles. The van der Waals surface area contributed by atoms with E-state index in [0.29, 0.717) is 17.9 Å². The first-order valence-electron chi connectivity index (χ1n) is 13.9. The van der Waals surface area contributed by atoms with Crippen LogP contribution in [0.5, 0.6) is 5.75 Å². The van der Waals surface area contributed by atoms with Crippen LogP contribution < -0.4 is 20.4 Å². The van der Waals surface area contributed by atoms with Gasteiger partial charge in [-0.15, -0.1) is 0 Å². The molecule has 10 nitrogen and oxygen atoms in total. The quantitative estimate of drug-likeness (QED) is 0.213. The SMILES string of the molecule is COc1ccc(C[C@H](Nc2nc3ccc(NS(=O)(=O)c4ccccc4)c(C)c3c(=O)o2)C(=O)N(C)Cc2ccccc2)cc1. The van der Waals surface area contributed by atoms with E-state index in [1.807, 2.05) is 54.6 Å². The fraction of sp³-hybridized carbons (Fsp3) is 0.182. The van der Waals surface area contributed by atoms with E-state index in [4.69, 9.17) is 9.15 Å². The highest BCUT2D eigenvalue weighted by atomic mass is 32.2. The number of hydrogen-bond donors (Lipinski definition) is 2. The van der Waals surface area contributed by atoms with Crippen LogP contribution in [0.15, 0.2) is 111 Å². The van der Waals surface area contributed by atoms with Crippen molar-refractivity contribution in [1.29, 1.82) is 0 Å². The summed E-state index contributed by atoms with van der Waals surface area (Å²) in [5.41, 5.74) is 1.99. The fourth-order valence-corrected chi connectivity index (χ4v) is 5.99. The van der Waals surface area contributed by atoms with E-state index in [9.17, 15) is 18.0 Å². The molecule has 5 aromatic rings. The molecule has 1 heterocycles. The van der Waals surface area contributed by atoms with Gasteiger partial charge in [-0.05, 0) is 60.0 Å². The number of hydrogen-bond acceptors (Lipinski definition) is 8. The van der Waals surface area contributed by atoms with Crippen molar-refractivity contribution in [2.24, 2.45) is 0 Å². The van der Waals surface area contributed by atoms with Gasteiger partial charge in [0.2, 0.25) is 5.91 Å². The van der Waals surface area contributed by atoms with Crippen LogP contribution in [-0.2, 0) is 27.8 Å². The zero-order chi connectivity index (χ0) is 31.3. The Morgan fingerprint density at radius 2 is 1.59 bits per heavy atom. The number of aromatic nitrogens is 1. The summed E-state index contributed by atoms with van der Waals surface area (Å²) in [4.78, 5) is 33.1. The molecule has 0 saturated carbocycles. The normalized spacial score (nSPS) is 12.0. The van der Waals surface area contributed by atoms with Gasteiger partial charge in [-0.2, -0.15) is 4.98 Å². The molecule has 1 amide bonds. The first kappa shape index (κ1) is 30.3. The van der Waals surface area contributed by atoms with Gasteiger partial charge in [-0.1, -0.05) is 60.7 Å². The minimum atomic E-state index is -3.88. The van der Waals surface area contributed by atoms with Crippen LogP contribution in [-0.4, -0.2) is 44.4 Å². The second-order valence-corrected chi connectivity index (χ2v) is 12.0.